The van der Waals surface area contributed by atoms with Crippen molar-refractivity contribution in [3.8, 4) is 11.3 Å². The van der Waals surface area contributed by atoms with Gasteiger partial charge >= 0.3 is 5.69 Å². The fraction of sp³-hybridized carbons (Fsp3) is 0.125. The lowest BCUT2D eigenvalue weighted by atomic mass is 10.1. The summed E-state index contributed by atoms with van der Waals surface area (Å²) in [5.41, 5.74) is 5.23. The quantitative estimate of drug-likeness (QED) is 0.467. The molecule has 9 heteroatoms. The molecule has 0 amide bonds. The molecule has 168 valence electrons. The predicted octanol–water partition coefficient (Wildman–Crippen LogP) is 3.75. The molecule has 0 radical (unpaired) electrons. The van der Waals surface area contributed by atoms with Crippen LogP contribution in [0.5, 0.6) is 0 Å². The number of hydrogen-bond acceptors (Lipinski definition) is 4. The minimum absolute atomic E-state index is 0.128. The Morgan fingerprint density at radius 2 is 1.55 bits per heavy atom. The second-order valence-electron chi connectivity index (χ2n) is 7.40. The maximum Gasteiger partial charge on any atom is 0.347 e. The van der Waals surface area contributed by atoms with Gasteiger partial charge in [0.2, 0.25) is 0 Å². The van der Waals surface area contributed by atoms with Crippen LogP contribution in [0.1, 0.15) is 17.2 Å². The summed E-state index contributed by atoms with van der Waals surface area (Å²) in [7, 11) is 0. The van der Waals surface area contributed by atoms with Crippen molar-refractivity contribution < 1.29 is 8.78 Å². The van der Waals surface area contributed by atoms with E-state index in [0.717, 1.165) is 21.4 Å². The Bertz CT molecular complexity index is 1400. The van der Waals surface area contributed by atoms with Crippen molar-refractivity contribution in [1.82, 2.24) is 14.3 Å². The molecule has 33 heavy (non-hydrogen) atoms. The summed E-state index contributed by atoms with van der Waals surface area (Å²) >= 11 is 6.27. The lowest BCUT2D eigenvalue weighted by Crippen LogP contribution is -2.44. The molecule has 1 heterocycles. The van der Waals surface area contributed by atoms with Crippen LogP contribution in [0.25, 0.3) is 11.3 Å². The summed E-state index contributed by atoms with van der Waals surface area (Å²) in [6.45, 7) is -0.683. The fourth-order valence-corrected chi connectivity index (χ4v) is 3.71. The van der Waals surface area contributed by atoms with Crippen molar-refractivity contribution in [1.29, 1.82) is 0 Å². The van der Waals surface area contributed by atoms with Crippen molar-refractivity contribution >= 4 is 11.6 Å². The van der Waals surface area contributed by atoms with E-state index < -0.39 is 35.5 Å². The highest BCUT2D eigenvalue weighted by Gasteiger charge is 2.20. The van der Waals surface area contributed by atoms with Crippen molar-refractivity contribution in [2.45, 2.75) is 19.1 Å². The van der Waals surface area contributed by atoms with Gasteiger partial charge in [-0.25, -0.2) is 18.3 Å². The zero-order valence-electron chi connectivity index (χ0n) is 17.3. The van der Waals surface area contributed by atoms with E-state index in [9.17, 15) is 18.4 Å². The van der Waals surface area contributed by atoms with E-state index in [1.807, 2.05) is 6.07 Å². The smallest absolute Gasteiger partial charge is 0.322 e. The average molecular weight is 469 g/mol. The molecule has 0 aliphatic heterocycles. The van der Waals surface area contributed by atoms with Gasteiger partial charge in [-0.15, -0.1) is 0 Å². The van der Waals surface area contributed by atoms with Gasteiger partial charge in [0.15, 0.2) is 5.69 Å². The third-order valence-electron chi connectivity index (χ3n) is 5.23. The highest BCUT2D eigenvalue weighted by Crippen LogP contribution is 2.23. The molecular formula is C24H19ClF2N4O2. The Morgan fingerprint density at radius 1 is 0.909 bits per heavy atom. The summed E-state index contributed by atoms with van der Waals surface area (Å²) in [6, 6.07) is 18.1. The van der Waals surface area contributed by atoms with E-state index in [1.54, 1.807) is 48.5 Å². The zero-order chi connectivity index (χ0) is 23.5. The molecule has 1 unspecified atom stereocenters. The molecule has 0 aliphatic carbocycles. The normalized spacial score (nSPS) is 12.0. The molecule has 1 atom stereocenters. The van der Waals surface area contributed by atoms with Gasteiger partial charge in [-0.05, 0) is 23.8 Å². The fourth-order valence-electron chi connectivity index (χ4n) is 3.48. The Balaban J connectivity index is 1.89. The van der Waals surface area contributed by atoms with Crippen molar-refractivity contribution in [3.05, 3.63) is 121 Å². The van der Waals surface area contributed by atoms with Gasteiger partial charge in [0.05, 0.1) is 18.1 Å². The number of nitrogens with two attached hydrogens (primary N) is 1. The molecule has 6 nitrogen and oxygen atoms in total. The van der Waals surface area contributed by atoms with E-state index >= 15 is 0 Å². The summed E-state index contributed by atoms with van der Waals surface area (Å²) in [5, 5.41) is 4.37. The van der Waals surface area contributed by atoms with E-state index in [-0.39, 0.29) is 28.4 Å². The molecule has 4 rings (SSSR count). The Labute approximate surface area is 192 Å². The molecule has 1 aromatic heterocycles. The molecule has 0 spiro atoms. The highest BCUT2D eigenvalue weighted by atomic mass is 35.5. The van der Waals surface area contributed by atoms with Crippen molar-refractivity contribution in [3.63, 3.8) is 0 Å². The molecule has 0 saturated heterocycles. The van der Waals surface area contributed by atoms with Crippen LogP contribution in [0.15, 0.2) is 82.4 Å². The molecule has 4 aromatic rings. The highest BCUT2D eigenvalue weighted by molar-refractivity contribution is 6.33. The molecule has 0 fully saturated rings. The molecule has 0 bridgehead atoms. The topological polar surface area (TPSA) is 82.9 Å². The van der Waals surface area contributed by atoms with Crippen LogP contribution in [-0.4, -0.2) is 14.3 Å². The third kappa shape index (κ3) is 4.62. The van der Waals surface area contributed by atoms with Crippen LogP contribution in [0.4, 0.5) is 8.78 Å². The standard InChI is InChI=1S/C24H19ClF2N4O2/c25-18-10-5-4-9-16(18)22-23(32)30(14-21(28)15-7-2-1-3-8-15)24(33)31(29-22)13-17-19(26)11-6-12-20(17)27/h1-12,21H,13-14,28H2. The van der Waals surface area contributed by atoms with Crippen LogP contribution in [0.3, 0.4) is 0 Å². The SMILES string of the molecule is NC(Cn1c(=O)c(-c2ccccc2Cl)nn(Cc2c(F)cccc2F)c1=O)c1ccccc1. The largest absolute Gasteiger partial charge is 0.347 e. The van der Waals surface area contributed by atoms with E-state index in [0.29, 0.717) is 5.56 Å². The van der Waals surface area contributed by atoms with Crippen LogP contribution < -0.4 is 17.0 Å². The third-order valence-corrected chi connectivity index (χ3v) is 5.56. The van der Waals surface area contributed by atoms with Crippen molar-refractivity contribution in [2.75, 3.05) is 0 Å². The second-order valence-corrected chi connectivity index (χ2v) is 7.81. The number of benzene rings is 3. The number of nitrogens with zero attached hydrogens (tertiary/aromatic N) is 3. The molecule has 3 aromatic carbocycles. The van der Waals surface area contributed by atoms with Gasteiger partial charge in [0.1, 0.15) is 11.6 Å². The summed E-state index contributed by atoms with van der Waals surface area (Å²) in [5.74, 6) is -1.66. The number of aromatic nitrogens is 3. The van der Waals surface area contributed by atoms with Gasteiger partial charge < -0.3 is 5.73 Å². The van der Waals surface area contributed by atoms with Gasteiger partial charge in [0, 0.05) is 17.2 Å². The Morgan fingerprint density at radius 3 is 2.21 bits per heavy atom. The Kier molecular flexibility index (Phi) is 6.48. The van der Waals surface area contributed by atoms with Crippen LogP contribution >= 0.6 is 11.6 Å². The zero-order valence-corrected chi connectivity index (χ0v) is 18.0. The van der Waals surface area contributed by atoms with Gasteiger partial charge in [0.25, 0.3) is 5.56 Å². The maximum atomic E-state index is 14.3. The minimum atomic E-state index is -0.843. The number of rotatable bonds is 6. The van der Waals surface area contributed by atoms with Gasteiger partial charge in [-0.2, -0.15) is 5.10 Å². The molecule has 2 N–H and O–H groups in total. The number of hydrogen-bond donors (Lipinski definition) is 1. The van der Waals surface area contributed by atoms with Crippen LogP contribution in [-0.2, 0) is 13.1 Å². The lowest BCUT2D eigenvalue weighted by molar-refractivity contribution is 0.468. The second kappa shape index (κ2) is 9.48. The summed E-state index contributed by atoms with van der Waals surface area (Å²) in [4.78, 5) is 26.5. The first-order chi connectivity index (χ1) is 15.9. The van der Waals surface area contributed by atoms with Crippen molar-refractivity contribution in [2.24, 2.45) is 5.73 Å². The monoisotopic (exact) mass is 468 g/mol. The van der Waals surface area contributed by atoms with E-state index in [1.165, 1.54) is 6.07 Å². The first-order valence-electron chi connectivity index (χ1n) is 10.1. The van der Waals surface area contributed by atoms with Crippen LogP contribution in [0, 0.1) is 11.6 Å². The Hall–Kier alpha value is -3.62. The summed E-state index contributed by atoms with van der Waals surface area (Å²) < 4.78 is 30.3. The van der Waals surface area contributed by atoms with Gasteiger partial charge in [-0.3, -0.25) is 9.36 Å². The van der Waals surface area contributed by atoms with E-state index in [2.05, 4.69) is 5.10 Å². The minimum Gasteiger partial charge on any atom is -0.322 e. The molecule has 0 aliphatic rings. The first-order valence-corrected chi connectivity index (χ1v) is 10.4. The van der Waals surface area contributed by atoms with E-state index in [4.69, 9.17) is 17.3 Å². The lowest BCUT2D eigenvalue weighted by Gasteiger charge is -2.17. The predicted molar refractivity (Wildman–Crippen MR) is 122 cm³/mol. The van der Waals surface area contributed by atoms with Gasteiger partial charge in [-0.1, -0.05) is 66.2 Å². The van der Waals surface area contributed by atoms with Crippen LogP contribution in [0.2, 0.25) is 5.02 Å². The first kappa shape index (κ1) is 22.6. The maximum absolute atomic E-state index is 14.3. The number of halogens is 3. The molecular weight excluding hydrogens is 450 g/mol. The molecule has 0 saturated carbocycles. The average Bonchev–Trinajstić information content (AvgIpc) is 2.81. The summed E-state index contributed by atoms with van der Waals surface area (Å²) in [6.07, 6.45) is 0.